The molecular formula is C17H18N6OS. The molecule has 0 fully saturated rings. The molecule has 0 atom stereocenters. The average molecular weight is 354 g/mol. The molecule has 3 N–H and O–H groups in total. The van der Waals surface area contributed by atoms with E-state index in [0.29, 0.717) is 12.4 Å². The summed E-state index contributed by atoms with van der Waals surface area (Å²) in [6.07, 6.45) is 0. The Labute approximate surface area is 149 Å². The third-order valence-electron chi connectivity index (χ3n) is 3.45. The van der Waals surface area contributed by atoms with Crippen molar-refractivity contribution in [1.29, 1.82) is 0 Å². The molecule has 0 aliphatic rings. The van der Waals surface area contributed by atoms with Crippen molar-refractivity contribution in [3.8, 4) is 11.4 Å². The summed E-state index contributed by atoms with van der Waals surface area (Å²) in [5.74, 6) is 0.187. The van der Waals surface area contributed by atoms with Gasteiger partial charge in [-0.15, -0.1) is 10.2 Å². The Kier molecular flexibility index (Phi) is 5.42. The number of primary amides is 1. The van der Waals surface area contributed by atoms with E-state index >= 15 is 0 Å². The van der Waals surface area contributed by atoms with Gasteiger partial charge in [0.15, 0.2) is 0 Å². The molecule has 0 saturated carbocycles. The Morgan fingerprint density at radius 1 is 1.16 bits per heavy atom. The van der Waals surface area contributed by atoms with E-state index < -0.39 is 5.91 Å². The molecule has 0 unspecified atom stereocenters. The van der Waals surface area contributed by atoms with Gasteiger partial charge in [0, 0.05) is 10.5 Å². The van der Waals surface area contributed by atoms with Crippen LogP contribution in [0, 0.1) is 6.92 Å². The maximum Gasteiger partial charge on any atom is 0.232 e. The van der Waals surface area contributed by atoms with Crippen LogP contribution >= 0.6 is 11.9 Å². The van der Waals surface area contributed by atoms with Crippen LogP contribution in [0.1, 0.15) is 11.1 Å². The van der Waals surface area contributed by atoms with E-state index in [2.05, 4.69) is 51.3 Å². The van der Waals surface area contributed by atoms with Crippen LogP contribution in [0.3, 0.4) is 0 Å². The average Bonchev–Trinajstić information content (AvgIpc) is 3.06. The molecule has 1 heterocycles. The molecule has 2 aromatic carbocycles. The summed E-state index contributed by atoms with van der Waals surface area (Å²) in [6.45, 7) is 2.76. The predicted molar refractivity (Wildman–Crippen MR) is 96.6 cm³/mol. The zero-order valence-corrected chi connectivity index (χ0v) is 14.5. The van der Waals surface area contributed by atoms with Crippen LogP contribution in [-0.2, 0) is 11.3 Å². The zero-order valence-electron chi connectivity index (χ0n) is 13.7. The molecule has 0 radical (unpaired) electrons. The second kappa shape index (κ2) is 7.91. The van der Waals surface area contributed by atoms with Gasteiger partial charge in [-0.05, 0) is 53.9 Å². The molecule has 0 aliphatic carbocycles. The third-order valence-corrected chi connectivity index (χ3v) is 4.24. The Bertz CT molecular complexity index is 844. The van der Waals surface area contributed by atoms with Crippen LogP contribution in [0.4, 0.5) is 0 Å². The second-order valence-electron chi connectivity index (χ2n) is 5.54. The quantitative estimate of drug-likeness (QED) is 0.628. The number of nitrogens with one attached hydrogen (secondary N) is 1. The number of nitrogens with two attached hydrogens (primary N) is 1. The van der Waals surface area contributed by atoms with Gasteiger partial charge in [0.2, 0.25) is 11.7 Å². The summed E-state index contributed by atoms with van der Waals surface area (Å²) in [5, 5.41) is 12.6. The van der Waals surface area contributed by atoms with E-state index in [4.69, 9.17) is 5.73 Å². The molecule has 128 valence electrons. The Balaban J connectivity index is 1.63. The molecule has 1 aromatic heterocycles. The molecule has 0 bridgehead atoms. The van der Waals surface area contributed by atoms with Crippen LogP contribution in [0.25, 0.3) is 11.4 Å². The maximum absolute atomic E-state index is 10.7. The van der Waals surface area contributed by atoms with Crippen molar-refractivity contribution in [1.82, 2.24) is 24.9 Å². The van der Waals surface area contributed by atoms with Crippen molar-refractivity contribution in [3.63, 3.8) is 0 Å². The normalized spacial score (nSPS) is 10.8. The number of hydrogen-bond acceptors (Lipinski definition) is 6. The van der Waals surface area contributed by atoms with Gasteiger partial charge >= 0.3 is 0 Å². The van der Waals surface area contributed by atoms with Gasteiger partial charge in [-0.25, -0.2) is 0 Å². The summed E-state index contributed by atoms with van der Waals surface area (Å²) in [7, 11) is 0. The molecule has 7 nitrogen and oxygen atoms in total. The largest absolute Gasteiger partial charge is 0.369 e. The lowest BCUT2D eigenvalue weighted by atomic mass is 10.1. The van der Waals surface area contributed by atoms with E-state index in [0.717, 1.165) is 16.0 Å². The van der Waals surface area contributed by atoms with Crippen molar-refractivity contribution < 1.29 is 4.79 Å². The van der Waals surface area contributed by atoms with Gasteiger partial charge in [0.25, 0.3) is 0 Å². The monoisotopic (exact) mass is 354 g/mol. The molecule has 3 rings (SSSR count). The van der Waals surface area contributed by atoms with Crippen molar-refractivity contribution in [2.24, 2.45) is 5.73 Å². The summed E-state index contributed by atoms with van der Waals surface area (Å²) in [4.78, 5) is 13.2. The first kappa shape index (κ1) is 17.1. The first-order valence-electron chi connectivity index (χ1n) is 7.72. The lowest BCUT2D eigenvalue weighted by Gasteiger charge is -2.02. The van der Waals surface area contributed by atoms with Crippen molar-refractivity contribution in [2.45, 2.75) is 18.4 Å². The number of aryl methyl sites for hydroxylation is 1. The standard InChI is InChI=1S/C17H18N6OS/c1-12-2-4-13(5-3-12)11-23-21-17(20-22-23)14-6-8-15(9-7-14)25-19-10-16(18)24/h2-9,19H,10-11H2,1H3,(H2,18,24). The number of benzene rings is 2. The van der Waals surface area contributed by atoms with Gasteiger partial charge in [0.1, 0.15) is 0 Å². The maximum atomic E-state index is 10.7. The van der Waals surface area contributed by atoms with Gasteiger partial charge < -0.3 is 5.73 Å². The van der Waals surface area contributed by atoms with Gasteiger partial charge in [-0.3, -0.25) is 9.52 Å². The minimum Gasteiger partial charge on any atom is -0.369 e. The fourth-order valence-corrected chi connectivity index (χ4v) is 2.80. The molecule has 1 amide bonds. The molecule has 8 heteroatoms. The molecule has 0 spiro atoms. The van der Waals surface area contributed by atoms with Crippen LogP contribution < -0.4 is 10.5 Å². The van der Waals surface area contributed by atoms with Crippen LogP contribution in [0.15, 0.2) is 53.4 Å². The number of rotatable bonds is 7. The lowest BCUT2D eigenvalue weighted by molar-refractivity contribution is -0.116. The molecule has 3 aromatic rings. The molecular weight excluding hydrogens is 336 g/mol. The number of carbonyl (C=O) groups excluding carboxylic acids is 1. The highest BCUT2D eigenvalue weighted by Crippen LogP contribution is 2.20. The van der Waals surface area contributed by atoms with E-state index in [1.54, 1.807) is 4.80 Å². The number of tetrazole rings is 1. The second-order valence-corrected chi connectivity index (χ2v) is 6.51. The van der Waals surface area contributed by atoms with E-state index in [-0.39, 0.29) is 6.54 Å². The minimum absolute atomic E-state index is 0.126. The van der Waals surface area contributed by atoms with Crippen molar-refractivity contribution >= 4 is 17.9 Å². The molecule has 0 saturated heterocycles. The number of aromatic nitrogens is 4. The van der Waals surface area contributed by atoms with Crippen LogP contribution in [0.5, 0.6) is 0 Å². The number of amides is 1. The number of carbonyl (C=O) groups is 1. The van der Waals surface area contributed by atoms with Crippen LogP contribution in [0.2, 0.25) is 0 Å². The van der Waals surface area contributed by atoms with E-state index in [1.807, 2.05) is 24.3 Å². The van der Waals surface area contributed by atoms with Gasteiger partial charge in [0.05, 0.1) is 13.1 Å². The summed E-state index contributed by atoms with van der Waals surface area (Å²) < 4.78 is 2.89. The predicted octanol–water partition coefficient (Wildman–Crippen LogP) is 1.78. The van der Waals surface area contributed by atoms with Gasteiger partial charge in [-0.1, -0.05) is 29.8 Å². The Morgan fingerprint density at radius 3 is 2.56 bits per heavy atom. The fourth-order valence-electron chi connectivity index (χ4n) is 2.15. The number of hydrogen-bond donors (Lipinski definition) is 2. The smallest absolute Gasteiger partial charge is 0.232 e. The van der Waals surface area contributed by atoms with Crippen molar-refractivity contribution in [3.05, 3.63) is 59.7 Å². The zero-order chi connectivity index (χ0) is 17.6. The summed E-state index contributed by atoms with van der Waals surface area (Å²) in [5.41, 5.74) is 8.31. The van der Waals surface area contributed by atoms with Crippen molar-refractivity contribution in [2.75, 3.05) is 6.54 Å². The first-order chi connectivity index (χ1) is 12.1. The van der Waals surface area contributed by atoms with E-state index in [1.165, 1.54) is 17.5 Å². The van der Waals surface area contributed by atoms with Gasteiger partial charge in [-0.2, -0.15) is 4.80 Å². The topological polar surface area (TPSA) is 98.7 Å². The fraction of sp³-hybridized carbons (Fsp3) is 0.176. The third kappa shape index (κ3) is 4.88. The summed E-state index contributed by atoms with van der Waals surface area (Å²) in [6, 6.07) is 15.9. The minimum atomic E-state index is -0.390. The number of nitrogens with zero attached hydrogens (tertiary/aromatic N) is 4. The van der Waals surface area contributed by atoms with E-state index in [9.17, 15) is 4.79 Å². The highest BCUT2D eigenvalue weighted by atomic mass is 32.2. The highest BCUT2D eigenvalue weighted by molar-refractivity contribution is 7.97. The Hall–Kier alpha value is -2.71. The van der Waals surface area contributed by atoms with Crippen LogP contribution in [-0.4, -0.2) is 32.7 Å². The Morgan fingerprint density at radius 2 is 1.88 bits per heavy atom. The lowest BCUT2D eigenvalue weighted by Crippen LogP contribution is -2.23. The SMILES string of the molecule is Cc1ccc(Cn2nnc(-c3ccc(SNCC(N)=O)cc3)n2)cc1. The first-order valence-corrected chi connectivity index (χ1v) is 8.53. The molecule has 25 heavy (non-hydrogen) atoms. The summed E-state index contributed by atoms with van der Waals surface area (Å²) >= 11 is 1.35. The molecule has 0 aliphatic heterocycles. The highest BCUT2D eigenvalue weighted by Gasteiger charge is 2.07.